The number of ether oxygens (including phenoxy) is 1. The number of hydrogen-bond acceptors (Lipinski definition) is 4. The zero-order valence-electron chi connectivity index (χ0n) is 11.7. The summed E-state index contributed by atoms with van der Waals surface area (Å²) >= 11 is 5.69. The topological polar surface area (TPSA) is 72.6 Å². The van der Waals surface area contributed by atoms with Crippen LogP contribution in [0.25, 0.3) is 0 Å². The molecular weight excluding hydrogens is 319 g/mol. The molecule has 1 saturated heterocycles. The Labute approximate surface area is 128 Å². The Bertz CT molecular complexity index is 618. The fourth-order valence-corrected chi connectivity index (χ4v) is 4.25. The number of nitrogens with two attached hydrogens (primary N) is 1. The zero-order valence-corrected chi connectivity index (χ0v) is 13.3. The van der Waals surface area contributed by atoms with Crippen molar-refractivity contribution >= 4 is 27.3 Å². The van der Waals surface area contributed by atoms with E-state index in [2.05, 4.69) is 0 Å². The molecule has 0 aliphatic carbocycles. The Hall–Kier alpha value is -0.890. The molecule has 0 bridgehead atoms. The minimum atomic E-state index is -3.98. The van der Waals surface area contributed by atoms with Crippen LogP contribution in [0, 0.1) is 11.7 Å². The molecule has 2 rings (SSSR count). The van der Waals surface area contributed by atoms with Crippen molar-refractivity contribution in [3.63, 3.8) is 0 Å². The lowest BCUT2D eigenvalue weighted by Gasteiger charge is -2.23. The van der Waals surface area contributed by atoms with Crippen molar-refractivity contribution in [2.45, 2.75) is 18.2 Å². The minimum absolute atomic E-state index is 0.111. The molecule has 0 radical (unpaired) electrons. The number of rotatable bonds is 5. The predicted molar refractivity (Wildman–Crippen MR) is 79.2 cm³/mol. The van der Waals surface area contributed by atoms with Crippen LogP contribution < -0.4 is 5.73 Å². The van der Waals surface area contributed by atoms with Crippen molar-refractivity contribution < 1.29 is 17.5 Å². The van der Waals surface area contributed by atoms with Crippen LogP contribution in [-0.2, 0) is 14.8 Å². The van der Waals surface area contributed by atoms with Crippen LogP contribution in [0.3, 0.4) is 0 Å². The highest BCUT2D eigenvalue weighted by Gasteiger charge is 2.31. The second-order valence-corrected chi connectivity index (χ2v) is 7.31. The van der Waals surface area contributed by atoms with Crippen LogP contribution in [0.1, 0.15) is 13.3 Å². The number of anilines is 1. The number of nitrogen functional groups attached to an aromatic ring is 1. The first kappa shape index (κ1) is 16.5. The summed E-state index contributed by atoms with van der Waals surface area (Å²) in [5, 5.41) is -0.297. The van der Waals surface area contributed by atoms with Gasteiger partial charge in [-0.15, -0.1) is 0 Å². The van der Waals surface area contributed by atoms with E-state index >= 15 is 0 Å². The lowest BCUT2D eigenvalue weighted by molar-refractivity contribution is 0.180. The summed E-state index contributed by atoms with van der Waals surface area (Å²) < 4.78 is 45.8. The van der Waals surface area contributed by atoms with E-state index in [0.717, 1.165) is 12.5 Å². The third-order valence-corrected chi connectivity index (χ3v) is 5.69. The van der Waals surface area contributed by atoms with Gasteiger partial charge in [-0.3, -0.25) is 0 Å². The molecule has 2 N–H and O–H groups in total. The smallest absolute Gasteiger partial charge is 0.246 e. The quantitative estimate of drug-likeness (QED) is 0.836. The molecule has 1 aliphatic heterocycles. The van der Waals surface area contributed by atoms with Gasteiger partial charge in [-0.05, 0) is 24.5 Å². The summed E-state index contributed by atoms with van der Waals surface area (Å²) in [6.45, 7) is 3.39. The first-order chi connectivity index (χ1) is 9.86. The van der Waals surface area contributed by atoms with E-state index in [-0.39, 0.29) is 23.2 Å². The van der Waals surface area contributed by atoms with E-state index in [1.807, 2.05) is 0 Å². The van der Waals surface area contributed by atoms with Crippen molar-refractivity contribution in [2.75, 3.05) is 32.0 Å². The fourth-order valence-electron chi connectivity index (χ4n) is 2.32. The van der Waals surface area contributed by atoms with E-state index in [0.29, 0.717) is 19.8 Å². The van der Waals surface area contributed by atoms with Gasteiger partial charge in [0.2, 0.25) is 10.0 Å². The summed E-state index contributed by atoms with van der Waals surface area (Å²) in [4.78, 5) is -0.478. The van der Waals surface area contributed by atoms with Crippen LogP contribution >= 0.6 is 11.6 Å². The third-order valence-electron chi connectivity index (χ3n) is 3.47. The third kappa shape index (κ3) is 3.48. The second kappa shape index (κ2) is 6.48. The lowest BCUT2D eigenvalue weighted by atomic mass is 10.1. The standard InChI is InChI=1S/C13H18ClFN2O3S/c1-2-17(7-9-3-4-20-8-9)21(18,19)12-6-10(16)5-11(14)13(12)15/h5-6,9H,2-4,7-8,16H2,1H3. The molecule has 5 nitrogen and oxygen atoms in total. The highest BCUT2D eigenvalue weighted by molar-refractivity contribution is 7.89. The van der Waals surface area contributed by atoms with E-state index in [4.69, 9.17) is 22.1 Å². The summed E-state index contributed by atoms with van der Waals surface area (Å²) in [5.74, 6) is -0.841. The number of sulfonamides is 1. The lowest BCUT2D eigenvalue weighted by Crippen LogP contribution is -2.36. The van der Waals surface area contributed by atoms with Gasteiger partial charge in [0, 0.05) is 25.4 Å². The molecule has 0 spiro atoms. The maximum atomic E-state index is 14.1. The Balaban J connectivity index is 2.34. The molecule has 8 heteroatoms. The van der Waals surface area contributed by atoms with Gasteiger partial charge in [-0.1, -0.05) is 18.5 Å². The van der Waals surface area contributed by atoms with Crippen LogP contribution in [-0.4, -0.2) is 39.0 Å². The largest absolute Gasteiger partial charge is 0.399 e. The van der Waals surface area contributed by atoms with Crippen molar-refractivity contribution in [1.82, 2.24) is 4.31 Å². The van der Waals surface area contributed by atoms with Crippen LogP contribution in [0.4, 0.5) is 10.1 Å². The van der Waals surface area contributed by atoms with Crippen molar-refractivity contribution in [3.05, 3.63) is 23.0 Å². The average Bonchev–Trinajstić information content (AvgIpc) is 2.92. The normalized spacial score (nSPS) is 19.3. The Kier molecular flexibility index (Phi) is 5.08. The maximum Gasteiger partial charge on any atom is 0.246 e. The van der Waals surface area contributed by atoms with Crippen molar-refractivity contribution in [3.8, 4) is 0 Å². The van der Waals surface area contributed by atoms with Crippen LogP contribution in [0.15, 0.2) is 17.0 Å². The molecule has 1 aromatic rings. The van der Waals surface area contributed by atoms with Gasteiger partial charge < -0.3 is 10.5 Å². The molecule has 0 saturated carbocycles. The summed E-state index contributed by atoms with van der Waals surface area (Å²) in [6.07, 6.45) is 0.798. The van der Waals surface area contributed by atoms with Gasteiger partial charge in [0.25, 0.3) is 0 Å². The van der Waals surface area contributed by atoms with Gasteiger partial charge in [0.1, 0.15) is 4.90 Å². The summed E-state index contributed by atoms with van der Waals surface area (Å²) in [6, 6.07) is 2.29. The summed E-state index contributed by atoms with van der Waals surface area (Å²) in [5.41, 5.74) is 5.69. The highest BCUT2D eigenvalue weighted by atomic mass is 35.5. The number of halogens is 2. The number of hydrogen-bond donors (Lipinski definition) is 1. The first-order valence-electron chi connectivity index (χ1n) is 6.68. The highest BCUT2D eigenvalue weighted by Crippen LogP contribution is 2.29. The minimum Gasteiger partial charge on any atom is -0.399 e. The van der Waals surface area contributed by atoms with Gasteiger partial charge in [0.05, 0.1) is 11.6 Å². The Morgan fingerprint density at radius 1 is 1.52 bits per heavy atom. The molecule has 1 heterocycles. The molecule has 1 fully saturated rings. The first-order valence-corrected chi connectivity index (χ1v) is 8.50. The van der Waals surface area contributed by atoms with Crippen LogP contribution in [0.2, 0.25) is 5.02 Å². The van der Waals surface area contributed by atoms with E-state index in [1.54, 1.807) is 6.92 Å². The zero-order chi connectivity index (χ0) is 15.6. The number of benzene rings is 1. The van der Waals surface area contributed by atoms with Gasteiger partial charge in [-0.25, -0.2) is 12.8 Å². The Morgan fingerprint density at radius 2 is 2.24 bits per heavy atom. The van der Waals surface area contributed by atoms with E-state index in [9.17, 15) is 12.8 Å². The molecule has 118 valence electrons. The molecule has 1 aliphatic rings. The molecule has 21 heavy (non-hydrogen) atoms. The molecular formula is C13H18ClFN2O3S. The van der Waals surface area contributed by atoms with Gasteiger partial charge >= 0.3 is 0 Å². The predicted octanol–water partition coefficient (Wildman–Crippen LogP) is 2.11. The van der Waals surface area contributed by atoms with Gasteiger partial charge in [0.15, 0.2) is 5.82 Å². The molecule has 0 aromatic heterocycles. The summed E-state index contributed by atoms with van der Waals surface area (Å²) in [7, 11) is -3.98. The Morgan fingerprint density at radius 3 is 2.81 bits per heavy atom. The molecule has 1 aromatic carbocycles. The molecule has 0 amide bonds. The number of nitrogens with zero attached hydrogens (tertiary/aromatic N) is 1. The maximum absolute atomic E-state index is 14.1. The van der Waals surface area contributed by atoms with Crippen LogP contribution in [0.5, 0.6) is 0 Å². The van der Waals surface area contributed by atoms with Crippen molar-refractivity contribution in [2.24, 2.45) is 5.92 Å². The fraction of sp³-hybridized carbons (Fsp3) is 0.538. The second-order valence-electron chi connectivity index (χ2n) is 5.00. The van der Waals surface area contributed by atoms with Gasteiger partial charge in [-0.2, -0.15) is 4.31 Å². The van der Waals surface area contributed by atoms with E-state index < -0.39 is 20.7 Å². The monoisotopic (exact) mass is 336 g/mol. The average molecular weight is 337 g/mol. The van der Waals surface area contributed by atoms with E-state index in [1.165, 1.54) is 10.4 Å². The SMILES string of the molecule is CCN(CC1CCOC1)S(=O)(=O)c1cc(N)cc(Cl)c1F. The van der Waals surface area contributed by atoms with Crippen molar-refractivity contribution in [1.29, 1.82) is 0 Å². The molecule has 1 atom stereocenters. The molecule has 1 unspecified atom stereocenters.